The molecule has 0 aliphatic heterocycles. The predicted octanol–water partition coefficient (Wildman–Crippen LogP) is 1.71. The first-order valence-corrected chi connectivity index (χ1v) is 6.19. The van der Waals surface area contributed by atoms with E-state index in [2.05, 4.69) is 17.6 Å². The number of carbonyl (C=O) groups is 1. The molecule has 1 heterocycles. The van der Waals surface area contributed by atoms with Crippen LogP contribution in [-0.4, -0.2) is 24.5 Å². The van der Waals surface area contributed by atoms with Gasteiger partial charge in [-0.15, -0.1) is 0 Å². The van der Waals surface area contributed by atoms with E-state index in [1.165, 1.54) is 0 Å². The summed E-state index contributed by atoms with van der Waals surface area (Å²) in [6.45, 7) is 6.68. The molecule has 0 aliphatic rings. The molecule has 2 N–H and O–H groups in total. The Morgan fingerprint density at radius 3 is 2.82 bits per heavy atom. The van der Waals surface area contributed by atoms with Gasteiger partial charge in [0.2, 0.25) is 5.91 Å². The Morgan fingerprint density at radius 2 is 2.24 bits per heavy atom. The van der Waals surface area contributed by atoms with Crippen LogP contribution in [0.3, 0.4) is 0 Å². The van der Waals surface area contributed by atoms with Gasteiger partial charge in [-0.25, -0.2) is 0 Å². The number of nitrogens with one attached hydrogen (secondary N) is 2. The molecule has 0 saturated carbocycles. The van der Waals surface area contributed by atoms with Crippen molar-refractivity contribution in [2.75, 3.05) is 6.54 Å². The lowest BCUT2D eigenvalue weighted by molar-refractivity contribution is -0.123. The van der Waals surface area contributed by atoms with Gasteiger partial charge in [0.15, 0.2) is 0 Å². The SMILES string of the molecule is CCC(C)NC(=O)C(C)NCCc1ccco1. The van der Waals surface area contributed by atoms with Crippen LogP contribution in [0.15, 0.2) is 22.8 Å². The van der Waals surface area contributed by atoms with Crippen LogP contribution in [0.2, 0.25) is 0 Å². The van der Waals surface area contributed by atoms with Crippen molar-refractivity contribution in [3.8, 4) is 0 Å². The van der Waals surface area contributed by atoms with Crippen molar-refractivity contribution in [1.82, 2.24) is 10.6 Å². The summed E-state index contributed by atoms with van der Waals surface area (Å²) in [6, 6.07) is 3.87. The van der Waals surface area contributed by atoms with Crippen LogP contribution in [0.1, 0.15) is 33.0 Å². The Morgan fingerprint density at radius 1 is 1.47 bits per heavy atom. The molecule has 0 aliphatic carbocycles. The van der Waals surface area contributed by atoms with Gasteiger partial charge in [-0.2, -0.15) is 0 Å². The van der Waals surface area contributed by atoms with E-state index < -0.39 is 0 Å². The number of hydrogen-bond donors (Lipinski definition) is 2. The smallest absolute Gasteiger partial charge is 0.237 e. The third-order valence-electron chi connectivity index (χ3n) is 2.80. The zero-order valence-electron chi connectivity index (χ0n) is 10.8. The van der Waals surface area contributed by atoms with Crippen molar-refractivity contribution < 1.29 is 9.21 Å². The normalized spacial score (nSPS) is 14.3. The molecule has 0 aromatic carbocycles. The summed E-state index contributed by atoms with van der Waals surface area (Å²) >= 11 is 0. The predicted molar refractivity (Wildman–Crippen MR) is 67.8 cm³/mol. The van der Waals surface area contributed by atoms with Gasteiger partial charge in [0.25, 0.3) is 0 Å². The lowest BCUT2D eigenvalue weighted by atomic mass is 10.2. The van der Waals surface area contributed by atoms with E-state index in [9.17, 15) is 4.79 Å². The fourth-order valence-electron chi connectivity index (χ4n) is 1.43. The second kappa shape index (κ2) is 7.12. The van der Waals surface area contributed by atoms with Crippen molar-refractivity contribution in [2.24, 2.45) is 0 Å². The van der Waals surface area contributed by atoms with Gasteiger partial charge < -0.3 is 15.1 Å². The van der Waals surface area contributed by atoms with Gasteiger partial charge in [-0.05, 0) is 32.4 Å². The van der Waals surface area contributed by atoms with Gasteiger partial charge in [-0.3, -0.25) is 4.79 Å². The number of carbonyl (C=O) groups excluding carboxylic acids is 1. The van der Waals surface area contributed by atoms with Gasteiger partial charge in [0.1, 0.15) is 5.76 Å². The zero-order chi connectivity index (χ0) is 12.7. The molecule has 0 saturated heterocycles. The van der Waals surface area contributed by atoms with Crippen LogP contribution in [0.5, 0.6) is 0 Å². The first-order valence-electron chi connectivity index (χ1n) is 6.19. The molecule has 1 amide bonds. The Hall–Kier alpha value is -1.29. The van der Waals surface area contributed by atoms with Crippen LogP contribution in [0.4, 0.5) is 0 Å². The Kier molecular flexibility index (Phi) is 5.77. The van der Waals surface area contributed by atoms with E-state index in [1.807, 2.05) is 26.0 Å². The maximum absolute atomic E-state index is 11.7. The maximum Gasteiger partial charge on any atom is 0.237 e. The molecule has 4 nitrogen and oxygen atoms in total. The minimum absolute atomic E-state index is 0.0544. The standard InChI is InChI=1S/C13H22N2O2/c1-4-10(2)15-13(16)11(3)14-8-7-12-6-5-9-17-12/h5-6,9-11,14H,4,7-8H2,1-3H3,(H,15,16). The minimum atomic E-state index is -0.168. The topological polar surface area (TPSA) is 54.3 Å². The first-order chi connectivity index (χ1) is 8.13. The molecule has 0 bridgehead atoms. The molecule has 0 spiro atoms. The Bertz CT molecular complexity index is 322. The van der Waals surface area contributed by atoms with Crippen LogP contribution in [0, 0.1) is 0 Å². The molecular formula is C13H22N2O2. The molecule has 0 fully saturated rings. The van der Waals surface area contributed by atoms with E-state index in [4.69, 9.17) is 4.42 Å². The largest absolute Gasteiger partial charge is 0.469 e. The quantitative estimate of drug-likeness (QED) is 0.760. The average Bonchev–Trinajstić information content (AvgIpc) is 2.81. The Labute approximate surface area is 103 Å². The maximum atomic E-state index is 11.7. The second-order valence-corrected chi connectivity index (χ2v) is 4.32. The summed E-state index contributed by atoms with van der Waals surface area (Å²) in [5.74, 6) is 0.992. The summed E-state index contributed by atoms with van der Waals surface area (Å²) in [5, 5.41) is 6.13. The van der Waals surface area contributed by atoms with Crippen molar-refractivity contribution in [2.45, 2.75) is 45.7 Å². The molecule has 2 unspecified atom stereocenters. The van der Waals surface area contributed by atoms with Crippen LogP contribution in [0.25, 0.3) is 0 Å². The van der Waals surface area contributed by atoms with Gasteiger partial charge >= 0.3 is 0 Å². The fourth-order valence-corrected chi connectivity index (χ4v) is 1.43. The minimum Gasteiger partial charge on any atom is -0.469 e. The molecule has 1 aromatic heterocycles. The van der Waals surface area contributed by atoms with Crippen molar-refractivity contribution in [1.29, 1.82) is 0 Å². The average molecular weight is 238 g/mol. The molecule has 17 heavy (non-hydrogen) atoms. The summed E-state index contributed by atoms with van der Waals surface area (Å²) in [7, 11) is 0. The van der Waals surface area contributed by atoms with E-state index >= 15 is 0 Å². The zero-order valence-corrected chi connectivity index (χ0v) is 10.8. The molecule has 96 valence electrons. The van der Waals surface area contributed by atoms with Crippen LogP contribution in [-0.2, 0) is 11.2 Å². The lowest BCUT2D eigenvalue weighted by Crippen LogP contribution is -2.45. The van der Waals surface area contributed by atoms with Gasteiger partial charge in [0, 0.05) is 19.0 Å². The van der Waals surface area contributed by atoms with E-state index in [0.29, 0.717) is 0 Å². The van der Waals surface area contributed by atoms with Crippen LogP contribution < -0.4 is 10.6 Å². The highest BCUT2D eigenvalue weighted by Crippen LogP contribution is 1.99. The molecule has 2 atom stereocenters. The molecular weight excluding hydrogens is 216 g/mol. The summed E-state index contributed by atoms with van der Waals surface area (Å²) in [5.41, 5.74) is 0. The molecule has 4 heteroatoms. The third kappa shape index (κ3) is 5.04. The van der Waals surface area contributed by atoms with E-state index in [1.54, 1.807) is 6.26 Å². The van der Waals surface area contributed by atoms with Crippen molar-refractivity contribution in [3.05, 3.63) is 24.2 Å². The van der Waals surface area contributed by atoms with Gasteiger partial charge in [0.05, 0.1) is 12.3 Å². The summed E-state index contributed by atoms with van der Waals surface area (Å²) in [6.07, 6.45) is 3.41. The van der Waals surface area contributed by atoms with Crippen molar-refractivity contribution >= 4 is 5.91 Å². The molecule has 1 rings (SSSR count). The van der Waals surface area contributed by atoms with Crippen LogP contribution >= 0.6 is 0 Å². The summed E-state index contributed by atoms with van der Waals surface area (Å²) in [4.78, 5) is 11.7. The van der Waals surface area contributed by atoms with E-state index in [0.717, 1.165) is 25.1 Å². The number of hydrogen-bond acceptors (Lipinski definition) is 3. The van der Waals surface area contributed by atoms with Gasteiger partial charge in [-0.1, -0.05) is 6.92 Å². The second-order valence-electron chi connectivity index (χ2n) is 4.32. The number of furan rings is 1. The first kappa shape index (κ1) is 13.8. The Balaban J connectivity index is 2.20. The number of rotatable bonds is 7. The summed E-state index contributed by atoms with van der Waals surface area (Å²) < 4.78 is 5.22. The number of amides is 1. The monoisotopic (exact) mass is 238 g/mol. The fraction of sp³-hybridized carbons (Fsp3) is 0.615. The third-order valence-corrected chi connectivity index (χ3v) is 2.80. The molecule has 1 aromatic rings. The highest BCUT2D eigenvalue weighted by Gasteiger charge is 2.13. The lowest BCUT2D eigenvalue weighted by Gasteiger charge is -2.17. The van der Waals surface area contributed by atoms with E-state index in [-0.39, 0.29) is 18.0 Å². The highest BCUT2D eigenvalue weighted by atomic mass is 16.3. The van der Waals surface area contributed by atoms with Crippen molar-refractivity contribution in [3.63, 3.8) is 0 Å². The molecule has 0 radical (unpaired) electrons. The highest BCUT2D eigenvalue weighted by molar-refractivity contribution is 5.81.